The number of nitrogen functional groups attached to an aromatic ring is 1. The smallest absolute Gasteiger partial charge is 0.240 e. The van der Waals surface area contributed by atoms with E-state index in [1.165, 1.54) is 12.1 Å². The molecule has 0 bridgehead atoms. The van der Waals surface area contributed by atoms with E-state index in [0.717, 1.165) is 11.6 Å². The Morgan fingerprint density at radius 1 is 1.19 bits per heavy atom. The van der Waals surface area contributed by atoms with Crippen molar-refractivity contribution in [3.63, 3.8) is 0 Å². The molecule has 2 rings (SSSR count). The van der Waals surface area contributed by atoms with Gasteiger partial charge in [0, 0.05) is 6.54 Å². The van der Waals surface area contributed by atoms with E-state index in [4.69, 9.17) is 10.5 Å². The first-order chi connectivity index (χ1) is 9.92. The molecule has 0 aliphatic rings. The zero-order chi connectivity index (χ0) is 15.5. The van der Waals surface area contributed by atoms with Gasteiger partial charge in [-0.25, -0.2) is 17.5 Å². The average molecular weight is 310 g/mol. The summed E-state index contributed by atoms with van der Waals surface area (Å²) in [7, 11) is -2.24. The summed E-state index contributed by atoms with van der Waals surface area (Å²) in [5.41, 5.74) is 5.99. The van der Waals surface area contributed by atoms with Crippen molar-refractivity contribution < 1.29 is 17.5 Å². The highest BCUT2D eigenvalue weighted by molar-refractivity contribution is 7.89. The van der Waals surface area contributed by atoms with Crippen LogP contribution in [0.2, 0.25) is 0 Å². The summed E-state index contributed by atoms with van der Waals surface area (Å²) >= 11 is 0. The van der Waals surface area contributed by atoms with Gasteiger partial charge in [0.2, 0.25) is 10.0 Å². The second kappa shape index (κ2) is 6.11. The van der Waals surface area contributed by atoms with Crippen molar-refractivity contribution in [2.45, 2.75) is 11.4 Å². The van der Waals surface area contributed by atoms with Gasteiger partial charge in [0.1, 0.15) is 11.6 Å². The van der Waals surface area contributed by atoms with E-state index in [9.17, 15) is 12.8 Å². The molecule has 21 heavy (non-hydrogen) atoms. The Morgan fingerprint density at radius 2 is 1.86 bits per heavy atom. The number of rotatable bonds is 5. The van der Waals surface area contributed by atoms with Gasteiger partial charge in [-0.2, -0.15) is 0 Å². The van der Waals surface area contributed by atoms with Crippen molar-refractivity contribution in [1.82, 2.24) is 4.72 Å². The average Bonchev–Trinajstić information content (AvgIpc) is 2.48. The van der Waals surface area contributed by atoms with Gasteiger partial charge in [0.25, 0.3) is 0 Å². The third-order valence-electron chi connectivity index (χ3n) is 2.91. The van der Waals surface area contributed by atoms with Crippen LogP contribution in [-0.2, 0) is 16.6 Å². The number of sulfonamides is 1. The van der Waals surface area contributed by atoms with Gasteiger partial charge in [-0.05, 0) is 35.9 Å². The lowest BCUT2D eigenvalue weighted by Gasteiger charge is -2.08. The highest BCUT2D eigenvalue weighted by Gasteiger charge is 2.15. The van der Waals surface area contributed by atoms with Gasteiger partial charge < -0.3 is 10.5 Å². The first-order valence-corrected chi connectivity index (χ1v) is 7.58. The molecule has 0 unspecified atom stereocenters. The Morgan fingerprint density at radius 3 is 2.43 bits per heavy atom. The molecule has 0 spiro atoms. The van der Waals surface area contributed by atoms with Crippen molar-refractivity contribution in [2.24, 2.45) is 0 Å². The maximum Gasteiger partial charge on any atom is 0.240 e. The first-order valence-electron chi connectivity index (χ1n) is 6.10. The summed E-state index contributed by atoms with van der Waals surface area (Å²) in [6.07, 6.45) is 0. The van der Waals surface area contributed by atoms with E-state index < -0.39 is 15.8 Å². The zero-order valence-electron chi connectivity index (χ0n) is 11.3. The van der Waals surface area contributed by atoms with Crippen LogP contribution in [-0.4, -0.2) is 15.5 Å². The molecule has 0 aliphatic carbocycles. The first kappa shape index (κ1) is 15.3. The highest BCUT2D eigenvalue weighted by Crippen LogP contribution is 2.17. The third-order valence-corrected chi connectivity index (χ3v) is 4.31. The van der Waals surface area contributed by atoms with E-state index in [-0.39, 0.29) is 17.1 Å². The summed E-state index contributed by atoms with van der Waals surface area (Å²) in [5.74, 6) is -0.0791. The number of hydrogen-bond donors (Lipinski definition) is 2. The Labute approximate surface area is 122 Å². The number of hydrogen-bond acceptors (Lipinski definition) is 4. The van der Waals surface area contributed by atoms with Crippen molar-refractivity contribution in [2.75, 3.05) is 12.8 Å². The Hall–Kier alpha value is -2.12. The topological polar surface area (TPSA) is 81.4 Å². The third kappa shape index (κ3) is 3.71. The molecular formula is C14H15FN2O3S. The number of ether oxygens (including phenoxy) is 1. The summed E-state index contributed by atoms with van der Waals surface area (Å²) in [4.78, 5) is -0.164. The second-order valence-corrected chi connectivity index (χ2v) is 6.12. The van der Waals surface area contributed by atoms with Crippen molar-refractivity contribution in [3.05, 3.63) is 53.8 Å². The van der Waals surface area contributed by atoms with Crippen LogP contribution in [0.15, 0.2) is 47.4 Å². The maximum absolute atomic E-state index is 13.3. The molecule has 0 saturated carbocycles. The summed E-state index contributed by atoms with van der Waals surface area (Å²) < 4.78 is 44.8. The van der Waals surface area contributed by atoms with Crippen LogP contribution in [0.1, 0.15) is 5.56 Å². The van der Waals surface area contributed by atoms with Crippen LogP contribution in [0.3, 0.4) is 0 Å². The molecule has 112 valence electrons. The van der Waals surface area contributed by atoms with Crippen LogP contribution in [0, 0.1) is 5.82 Å². The molecule has 0 amide bonds. The van der Waals surface area contributed by atoms with Gasteiger partial charge in [-0.1, -0.05) is 12.1 Å². The predicted octanol–water partition coefficient (Wildman–Crippen LogP) is 1.90. The van der Waals surface area contributed by atoms with Gasteiger partial charge in [-0.15, -0.1) is 0 Å². The Kier molecular flexibility index (Phi) is 4.44. The molecule has 0 saturated heterocycles. The molecule has 2 aromatic carbocycles. The van der Waals surface area contributed by atoms with Gasteiger partial charge in [-0.3, -0.25) is 0 Å². The fraction of sp³-hybridized carbons (Fsp3) is 0.143. The van der Waals surface area contributed by atoms with Crippen molar-refractivity contribution in [1.29, 1.82) is 0 Å². The molecule has 0 radical (unpaired) electrons. The minimum Gasteiger partial charge on any atom is -0.497 e. The quantitative estimate of drug-likeness (QED) is 0.826. The van der Waals surface area contributed by atoms with Gasteiger partial charge in [0.05, 0.1) is 17.7 Å². The Balaban J connectivity index is 2.11. The van der Waals surface area contributed by atoms with E-state index in [0.29, 0.717) is 5.75 Å². The van der Waals surface area contributed by atoms with Crippen molar-refractivity contribution in [3.8, 4) is 5.75 Å². The lowest BCUT2D eigenvalue weighted by Crippen LogP contribution is -2.23. The molecule has 3 N–H and O–H groups in total. The fourth-order valence-corrected chi connectivity index (χ4v) is 2.71. The molecule has 7 heteroatoms. The van der Waals surface area contributed by atoms with E-state index in [2.05, 4.69) is 4.72 Å². The lowest BCUT2D eigenvalue weighted by atomic mass is 10.2. The highest BCUT2D eigenvalue weighted by atomic mass is 32.2. The van der Waals surface area contributed by atoms with Crippen LogP contribution in [0.25, 0.3) is 0 Å². The molecular weight excluding hydrogens is 295 g/mol. The molecule has 0 atom stereocenters. The minimum absolute atomic E-state index is 0.0934. The SMILES string of the molecule is COc1ccc(CNS(=O)(=O)c2ccc(N)c(F)c2)cc1. The number of methoxy groups -OCH3 is 1. The number of halogens is 1. The van der Waals surface area contributed by atoms with Gasteiger partial charge >= 0.3 is 0 Å². The van der Waals surface area contributed by atoms with E-state index >= 15 is 0 Å². The van der Waals surface area contributed by atoms with E-state index in [1.54, 1.807) is 31.4 Å². The standard InChI is InChI=1S/C14H15FN2O3S/c1-20-11-4-2-10(3-5-11)9-17-21(18,19)12-6-7-14(16)13(15)8-12/h2-8,17H,9,16H2,1H3. The second-order valence-electron chi connectivity index (χ2n) is 4.36. The zero-order valence-corrected chi connectivity index (χ0v) is 12.2. The molecule has 5 nitrogen and oxygen atoms in total. The normalized spacial score (nSPS) is 11.3. The number of anilines is 1. The number of nitrogens with two attached hydrogens (primary N) is 1. The van der Waals surface area contributed by atoms with Crippen LogP contribution >= 0.6 is 0 Å². The molecule has 0 aliphatic heterocycles. The number of benzene rings is 2. The summed E-state index contributed by atoms with van der Waals surface area (Å²) in [6, 6.07) is 10.3. The molecule has 0 heterocycles. The monoisotopic (exact) mass is 310 g/mol. The van der Waals surface area contributed by atoms with E-state index in [1.807, 2.05) is 0 Å². The molecule has 0 aromatic heterocycles. The summed E-state index contributed by atoms with van der Waals surface area (Å²) in [5, 5.41) is 0. The van der Waals surface area contributed by atoms with Crippen LogP contribution in [0.4, 0.5) is 10.1 Å². The molecule has 0 fully saturated rings. The predicted molar refractivity (Wildman–Crippen MR) is 77.8 cm³/mol. The molecule has 2 aromatic rings. The number of nitrogens with one attached hydrogen (secondary N) is 1. The van der Waals surface area contributed by atoms with Gasteiger partial charge in [0.15, 0.2) is 0 Å². The largest absolute Gasteiger partial charge is 0.497 e. The fourth-order valence-electron chi connectivity index (χ4n) is 1.68. The lowest BCUT2D eigenvalue weighted by molar-refractivity contribution is 0.414. The van der Waals surface area contributed by atoms with Crippen molar-refractivity contribution >= 4 is 15.7 Å². The van der Waals surface area contributed by atoms with Crippen LogP contribution in [0.5, 0.6) is 5.75 Å². The Bertz CT molecular complexity index is 730. The summed E-state index contributed by atoms with van der Waals surface area (Å²) in [6.45, 7) is 0.0956. The maximum atomic E-state index is 13.3. The minimum atomic E-state index is -3.79. The van der Waals surface area contributed by atoms with Crippen LogP contribution < -0.4 is 15.2 Å².